The zero-order chi connectivity index (χ0) is 24.1. The van der Waals surface area contributed by atoms with Crippen LogP contribution in [0.2, 0.25) is 0 Å². The van der Waals surface area contributed by atoms with Crippen LogP contribution in [0.25, 0.3) is 5.69 Å². The Bertz CT molecular complexity index is 1460. The third-order valence-electron chi connectivity index (χ3n) is 5.05. The molecule has 1 heterocycles. The Hall–Kier alpha value is -4.66. The minimum Gasteiger partial charge on any atom is -0.496 e. The molecule has 0 radical (unpaired) electrons. The molecule has 8 nitrogen and oxygen atoms in total. The molecule has 0 saturated carbocycles. The molecule has 4 aromatic rings. The van der Waals surface area contributed by atoms with Gasteiger partial charge in [-0.3, -0.25) is 14.8 Å². The van der Waals surface area contributed by atoms with E-state index in [1.165, 1.54) is 25.3 Å². The van der Waals surface area contributed by atoms with Gasteiger partial charge in [-0.15, -0.1) is 0 Å². The molecule has 0 fully saturated rings. The summed E-state index contributed by atoms with van der Waals surface area (Å²) in [6.07, 6.45) is 0. The Morgan fingerprint density at radius 2 is 1.71 bits per heavy atom. The highest BCUT2D eigenvalue weighted by Gasteiger charge is 2.22. The molecule has 0 aliphatic carbocycles. The predicted octanol–water partition coefficient (Wildman–Crippen LogP) is 3.44. The summed E-state index contributed by atoms with van der Waals surface area (Å²) in [5.74, 6) is -0.914. The summed E-state index contributed by atoms with van der Waals surface area (Å²) in [5, 5.41) is 14.0. The number of methoxy groups -OCH3 is 1. The van der Waals surface area contributed by atoms with Crippen LogP contribution in [0.5, 0.6) is 11.6 Å². The molecule has 1 aromatic heterocycles. The lowest BCUT2D eigenvalue weighted by molar-refractivity contribution is 0.410. The Morgan fingerprint density at radius 1 is 1.03 bits per heavy atom. The van der Waals surface area contributed by atoms with Crippen LogP contribution in [-0.4, -0.2) is 27.6 Å². The van der Waals surface area contributed by atoms with Gasteiger partial charge < -0.3 is 15.2 Å². The number of aromatic nitrogens is 2. The molecule has 0 aliphatic heterocycles. The van der Waals surface area contributed by atoms with Crippen LogP contribution < -0.4 is 21.3 Å². The first-order valence-corrected chi connectivity index (χ1v) is 10.3. The van der Waals surface area contributed by atoms with Crippen molar-refractivity contribution >= 4 is 11.5 Å². The van der Waals surface area contributed by atoms with Gasteiger partial charge in [0, 0.05) is 11.3 Å². The van der Waals surface area contributed by atoms with E-state index in [0.717, 1.165) is 11.6 Å². The largest absolute Gasteiger partial charge is 0.496 e. The van der Waals surface area contributed by atoms with Crippen LogP contribution in [0.15, 0.2) is 93.4 Å². The van der Waals surface area contributed by atoms with E-state index in [-0.39, 0.29) is 23.6 Å². The number of hydrogen-bond acceptors (Lipinski definition) is 5. The topological polar surface area (TPSA) is 109 Å². The number of nitrogens with zero attached hydrogens (tertiary/aromatic N) is 2. The molecule has 0 aliphatic rings. The predicted molar refractivity (Wildman–Crippen MR) is 128 cm³/mol. The summed E-state index contributed by atoms with van der Waals surface area (Å²) in [6, 6.07) is 21.5. The summed E-state index contributed by atoms with van der Waals surface area (Å²) in [7, 11) is 1.53. The standard InChI is InChI=1S/C25H21FN4O4/c1-34-20-14-8-5-9-16(20)15-27-22(28-17-10-3-2-4-11-17)21-23(31)29-25(33)30(24(21)32)19-13-7-6-12-18(19)26/h2-14,32H,15H2,1H3,(H,27,28)(H,29,31,33). The number of H-pyrrole nitrogens is 1. The van der Waals surface area contributed by atoms with Crippen molar-refractivity contribution in [2.45, 2.75) is 6.54 Å². The van der Waals surface area contributed by atoms with E-state index in [4.69, 9.17) is 4.74 Å². The maximum Gasteiger partial charge on any atom is 0.335 e. The normalized spacial score (nSPS) is 11.3. The fraction of sp³-hybridized carbons (Fsp3) is 0.0800. The van der Waals surface area contributed by atoms with E-state index in [1.54, 1.807) is 30.3 Å². The number of para-hydroxylation sites is 3. The van der Waals surface area contributed by atoms with E-state index < -0.39 is 22.9 Å². The Morgan fingerprint density at radius 3 is 2.44 bits per heavy atom. The minimum absolute atomic E-state index is 0.0130. The number of aromatic hydroxyl groups is 1. The Labute approximate surface area is 193 Å². The summed E-state index contributed by atoms with van der Waals surface area (Å²) < 4.78 is 20.5. The van der Waals surface area contributed by atoms with E-state index in [0.29, 0.717) is 16.0 Å². The summed E-state index contributed by atoms with van der Waals surface area (Å²) >= 11 is 0. The smallest absolute Gasteiger partial charge is 0.335 e. The fourth-order valence-electron chi connectivity index (χ4n) is 3.43. The number of aliphatic imine (C=N–C) groups is 1. The highest BCUT2D eigenvalue weighted by atomic mass is 19.1. The molecule has 3 aromatic carbocycles. The molecule has 4 rings (SSSR count). The SMILES string of the molecule is COc1ccccc1CN=C(Nc1ccccc1)c1c(O)n(-c2ccccc2F)c(=O)[nH]c1=O. The number of benzene rings is 3. The highest BCUT2D eigenvalue weighted by Crippen LogP contribution is 2.22. The third-order valence-corrected chi connectivity index (χ3v) is 5.05. The second-order valence-electron chi connectivity index (χ2n) is 7.21. The number of aromatic amines is 1. The van der Waals surface area contributed by atoms with Gasteiger partial charge in [0.1, 0.15) is 23.0 Å². The number of halogens is 1. The molecule has 0 spiro atoms. The van der Waals surface area contributed by atoms with Crippen LogP contribution in [0, 0.1) is 5.82 Å². The van der Waals surface area contributed by atoms with Gasteiger partial charge in [0.25, 0.3) is 5.56 Å². The molecule has 0 saturated heterocycles. The lowest BCUT2D eigenvalue weighted by atomic mass is 10.2. The van der Waals surface area contributed by atoms with Gasteiger partial charge in [0.2, 0.25) is 5.88 Å². The van der Waals surface area contributed by atoms with Gasteiger partial charge in [-0.2, -0.15) is 0 Å². The minimum atomic E-state index is -0.986. The van der Waals surface area contributed by atoms with Gasteiger partial charge in [-0.25, -0.2) is 13.8 Å². The number of ether oxygens (including phenoxy) is 1. The molecule has 34 heavy (non-hydrogen) atoms. The van der Waals surface area contributed by atoms with Crippen molar-refractivity contribution in [2.75, 3.05) is 12.4 Å². The van der Waals surface area contributed by atoms with E-state index in [9.17, 15) is 19.1 Å². The summed E-state index contributed by atoms with van der Waals surface area (Å²) in [4.78, 5) is 32.0. The molecule has 0 unspecified atom stereocenters. The zero-order valence-electron chi connectivity index (χ0n) is 18.2. The van der Waals surface area contributed by atoms with E-state index >= 15 is 0 Å². The first kappa shape index (κ1) is 22.5. The number of nitrogens with one attached hydrogen (secondary N) is 2. The van der Waals surface area contributed by atoms with Crippen LogP contribution in [0.4, 0.5) is 10.1 Å². The van der Waals surface area contributed by atoms with Gasteiger partial charge in [-0.1, -0.05) is 48.5 Å². The first-order valence-electron chi connectivity index (χ1n) is 10.3. The van der Waals surface area contributed by atoms with E-state index in [2.05, 4.69) is 15.3 Å². The van der Waals surface area contributed by atoms with Crippen molar-refractivity contribution in [1.82, 2.24) is 9.55 Å². The molecule has 3 N–H and O–H groups in total. The van der Waals surface area contributed by atoms with Crippen molar-refractivity contribution in [2.24, 2.45) is 4.99 Å². The molecular formula is C25H21FN4O4. The average molecular weight is 460 g/mol. The summed E-state index contributed by atoms with van der Waals surface area (Å²) in [5.41, 5.74) is -1.08. The number of hydrogen-bond donors (Lipinski definition) is 3. The fourth-order valence-corrected chi connectivity index (χ4v) is 3.43. The maximum atomic E-state index is 14.4. The van der Waals surface area contributed by atoms with Crippen molar-refractivity contribution in [3.05, 3.63) is 117 Å². The molecular weight excluding hydrogens is 439 g/mol. The maximum absolute atomic E-state index is 14.4. The van der Waals surface area contributed by atoms with Gasteiger partial charge in [-0.05, 0) is 30.3 Å². The third kappa shape index (κ3) is 4.58. The quantitative estimate of drug-likeness (QED) is 0.302. The van der Waals surface area contributed by atoms with Crippen molar-refractivity contribution in [1.29, 1.82) is 0 Å². The molecule has 0 bridgehead atoms. The van der Waals surface area contributed by atoms with Crippen LogP contribution >= 0.6 is 0 Å². The molecule has 0 atom stereocenters. The van der Waals surface area contributed by atoms with Gasteiger partial charge in [0.15, 0.2) is 0 Å². The zero-order valence-corrected chi connectivity index (χ0v) is 18.2. The van der Waals surface area contributed by atoms with E-state index in [1.807, 2.05) is 24.3 Å². The average Bonchev–Trinajstić information content (AvgIpc) is 2.84. The van der Waals surface area contributed by atoms with Gasteiger partial charge >= 0.3 is 5.69 Å². The number of anilines is 1. The lowest BCUT2D eigenvalue weighted by Crippen LogP contribution is -2.35. The monoisotopic (exact) mass is 460 g/mol. The molecule has 0 amide bonds. The van der Waals surface area contributed by atoms with Gasteiger partial charge in [0.05, 0.1) is 19.3 Å². The van der Waals surface area contributed by atoms with Crippen LogP contribution in [0.1, 0.15) is 11.1 Å². The lowest BCUT2D eigenvalue weighted by Gasteiger charge is -2.15. The van der Waals surface area contributed by atoms with Crippen LogP contribution in [0.3, 0.4) is 0 Å². The number of rotatable bonds is 6. The molecule has 9 heteroatoms. The summed E-state index contributed by atoms with van der Waals surface area (Å²) in [6.45, 7) is 0.0941. The van der Waals surface area contributed by atoms with Crippen molar-refractivity contribution in [3.63, 3.8) is 0 Å². The van der Waals surface area contributed by atoms with Crippen molar-refractivity contribution in [3.8, 4) is 17.3 Å². The Kier molecular flexibility index (Phi) is 6.54. The number of amidine groups is 1. The first-order chi connectivity index (χ1) is 16.5. The van der Waals surface area contributed by atoms with Crippen molar-refractivity contribution < 1.29 is 14.2 Å². The second kappa shape index (κ2) is 9.86. The molecule has 172 valence electrons. The van der Waals surface area contributed by atoms with Crippen LogP contribution in [-0.2, 0) is 6.54 Å². The highest BCUT2D eigenvalue weighted by molar-refractivity contribution is 6.09. The second-order valence-corrected chi connectivity index (χ2v) is 7.21. The Balaban J connectivity index is 1.89.